The molecule has 0 aromatic carbocycles. The maximum atomic E-state index is 4.28. The average molecular weight is 269 g/mol. The van der Waals surface area contributed by atoms with Crippen LogP contribution in [0.25, 0.3) is 0 Å². The van der Waals surface area contributed by atoms with Crippen LogP contribution >= 0.6 is 11.3 Å². The predicted molar refractivity (Wildman–Crippen MR) is 79.1 cm³/mol. The second kappa shape index (κ2) is 8.59. The van der Waals surface area contributed by atoms with E-state index in [4.69, 9.17) is 0 Å². The lowest BCUT2D eigenvalue weighted by atomic mass is 10.1. The molecule has 1 aromatic rings. The summed E-state index contributed by atoms with van der Waals surface area (Å²) in [6, 6.07) is 0. The van der Waals surface area contributed by atoms with Crippen molar-refractivity contribution in [2.75, 3.05) is 13.1 Å². The van der Waals surface area contributed by atoms with Gasteiger partial charge in [-0.1, -0.05) is 34.1 Å². The molecule has 0 fully saturated rings. The first-order chi connectivity index (χ1) is 8.61. The Hall–Kier alpha value is -0.480. The van der Waals surface area contributed by atoms with Crippen LogP contribution in [0, 0.1) is 11.8 Å². The van der Waals surface area contributed by atoms with Gasteiger partial charge >= 0.3 is 0 Å². The predicted octanol–water partition coefficient (Wildman–Crippen LogP) is 3.30. The molecule has 0 radical (unpaired) electrons. The first kappa shape index (κ1) is 15.6. The normalized spacial score (nSPS) is 13.2. The van der Waals surface area contributed by atoms with Crippen LogP contribution in [0.1, 0.15) is 50.6 Å². The van der Waals surface area contributed by atoms with E-state index in [1.54, 1.807) is 11.3 Å². The number of nitrogens with one attached hydrogen (secondary N) is 1. The molecule has 0 aliphatic carbocycles. The quantitative estimate of drug-likeness (QED) is 0.699. The Morgan fingerprint density at radius 3 is 2.56 bits per heavy atom. The van der Waals surface area contributed by atoms with Gasteiger partial charge in [0.1, 0.15) is 10.0 Å². The van der Waals surface area contributed by atoms with Crippen LogP contribution in [0.4, 0.5) is 0 Å². The second-order valence-corrected chi connectivity index (χ2v) is 6.66. The lowest BCUT2D eigenvalue weighted by molar-refractivity contribution is 0.542. The summed E-state index contributed by atoms with van der Waals surface area (Å²) in [6.45, 7) is 11.2. The lowest BCUT2D eigenvalue weighted by Crippen LogP contribution is -2.21. The molecular weight excluding hydrogens is 242 g/mol. The smallest absolute Gasteiger partial charge is 0.117 e. The molecule has 4 heteroatoms. The standard InChI is InChI=1S/C14H27N3S/c1-5-12(4)9-14-17-16-13(18-14)7-6-8-15-10-11(2)3/h11-12,15H,5-10H2,1-4H3. The van der Waals surface area contributed by atoms with Crippen molar-refractivity contribution in [3.05, 3.63) is 10.0 Å². The zero-order valence-corrected chi connectivity index (χ0v) is 13.0. The van der Waals surface area contributed by atoms with Crippen LogP contribution in [-0.2, 0) is 12.8 Å². The Kier molecular flexibility index (Phi) is 7.44. The molecule has 1 atom stereocenters. The summed E-state index contributed by atoms with van der Waals surface area (Å²) in [4.78, 5) is 0. The van der Waals surface area contributed by atoms with Crippen LogP contribution < -0.4 is 5.32 Å². The first-order valence-electron chi connectivity index (χ1n) is 7.13. The van der Waals surface area contributed by atoms with Crippen LogP contribution in [-0.4, -0.2) is 23.3 Å². The summed E-state index contributed by atoms with van der Waals surface area (Å²) >= 11 is 1.79. The zero-order valence-electron chi connectivity index (χ0n) is 12.2. The molecule has 1 aromatic heterocycles. The first-order valence-corrected chi connectivity index (χ1v) is 7.95. The fraction of sp³-hybridized carbons (Fsp3) is 0.857. The molecule has 1 heterocycles. The number of rotatable bonds is 9. The molecule has 0 aliphatic heterocycles. The summed E-state index contributed by atoms with van der Waals surface area (Å²) in [5.74, 6) is 1.45. The van der Waals surface area contributed by atoms with Gasteiger partial charge in [0.2, 0.25) is 0 Å². The Labute approximate surface area is 115 Å². The van der Waals surface area contributed by atoms with Crippen molar-refractivity contribution >= 4 is 11.3 Å². The number of hydrogen-bond acceptors (Lipinski definition) is 4. The maximum Gasteiger partial charge on any atom is 0.117 e. The van der Waals surface area contributed by atoms with Gasteiger partial charge in [0, 0.05) is 12.8 Å². The van der Waals surface area contributed by atoms with Gasteiger partial charge in [-0.15, -0.1) is 21.5 Å². The molecule has 0 bridgehead atoms. The van der Waals surface area contributed by atoms with Gasteiger partial charge in [-0.05, 0) is 31.3 Å². The minimum absolute atomic E-state index is 0.721. The van der Waals surface area contributed by atoms with E-state index >= 15 is 0 Å². The van der Waals surface area contributed by atoms with Crippen LogP contribution in [0.3, 0.4) is 0 Å². The van der Waals surface area contributed by atoms with E-state index in [1.807, 2.05) is 0 Å². The van der Waals surface area contributed by atoms with Crippen molar-refractivity contribution < 1.29 is 0 Å². The lowest BCUT2D eigenvalue weighted by Gasteiger charge is -2.05. The third kappa shape index (κ3) is 6.45. The molecule has 1 unspecified atom stereocenters. The highest BCUT2D eigenvalue weighted by Crippen LogP contribution is 2.16. The highest BCUT2D eigenvalue weighted by molar-refractivity contribution is 7.11. The minimum atomic E-state index is 0.721. The Morgan fingerprint density at radius 2 is 1.89 bits per heavy atom. The molecule has 0 saturated carbocycles. The van der Waals surface area contributed by atoms with Gasteiger partial charge in [-0.3, -0.25) is 0 Å². The number of aromatic nitrogens is 2. The summed E-state index contributed by atoms with van der Waals surface area (Å²) < 4.78 is 0. The van der Waals surface area contributed by atoms with Gasteiger partial charge < -0.3 is 5.32 Å². The van der Waals surface area contributed by atoms with Gasteiger partial charge in [0.25, 0.3) is 0 Å². The van der Waals surface area contributed by atoms with E-state index in [0.29, 0.717) is 0 Å². The maximum absolute atomic E-state index is 4.28. The van der Waals surface area contributed by atoms with E-state index in [2.05, 4.69) is 43.2 Å². The topological polar surface area (TPSA) is 37.8 Å². The number of nitrogens with zero attached hydrogens (tertiary/aromatic N) is 2. The Morgan fingerprint density at radius 1 is 1.17 bits per heavy atom. The highest BCUT2D eigenvalue weighted by atomic mass is 32.1. The third-order valence-corrected chi connectivity index (χ3v) is 4.03. The van der Waals surface area contributed by atoms with E-state index in [-0.39, 0.29) is 0 Å². The molecule has 1 rings (SSSR count). The van der Waals surface area contributed by atoms with E-state index in [9.17, 15) is 0 Å². The average Bonchev–Trinajstić information content (AvgIpc) is 2.75. The van der Waals surface area contributed by atoms with Crippen molar-refractivity contribution in [2.24, 2.45) is 11.8 Å². The molecule has 0 saturated heterocycles. The largest absolute Gasteiger partial charge is 0.316 e. The fourth-order valence-electron chi connectivity index (χ4n) is 1.67. The molecule has 18 heavy (non-hydrogen) atoms. The highest BCUT2D eigenvalue weighted by Gasteiger charge is 2.07. The van der Waals surface area contributed by atoms with E-state index in [1.165, 1.54) is 16.4 Å². The van der Waals surface area contributed by atoms with Crippen molar-refractivity contribution in [2.45, 2.75) is 53.4 Å². The van der Waals surface area contributed by atoms with Crippen molar-refractivity contribution in [3.63, 3.8) is 0 Å². The van der Waals surface area contributed by atoms with Gasteiger partial charge in [-0.25, -0.2) is 0 Å². The minimum Gasteiger partial charge on any atom is -0.316 e. The van der Waals surface area contributed by atoms with Gasteiger partial charge in [-0.2, -0.15) is 0 Å². The van der Waals surface area contributed by atoms with E-state index in [0.717, 1.165) is 44.2 Å². The van der Waals surface area contributed by atoms with Crippen molar-refractivity contribution in [3.8, 4) is 0 Å². The van der Waals surface area contributed by atoms with Crippen LogP contribution in [0.2, 0.25) is 0 Å². The summed E-state index contributed by atoms with van der Waals surface area (Å²) in [6.07, 6.45) is 4.52. The molecule has 3 nitrogen and oxygen atoms in total. The molecule has 0 amide bonds. The summed E-state index contributed by atoms with van der Waals surface area (Å²) in [5, 5.41) is 14.4. The zero-order chi connectivity index (χ0) is 13.4. The van der Waals surface area contributed by atoms with Gasteiger partial charge in [0.05, 0.1) is 0 Å². The molecule has 0 spiro atoms. The number of aryl methyl sites for hydroxylation is 1. The molecule has 1 N–H and O–H groups in total. The monoisotopic (exact) mass is 269 g/mol. The van der Waals surface area contributed by atoms with Gasteiger partial charge in [0.15, 0.2) is 0 Å². The molecule has 0 aliphatic rings. The second-order valence-electron chi connectivity index (χ2n) is 5.51. The van der Waals surface area contributed by atoms with Crippen LogP contribution in [0.5, 0.6) is 0 Å². The Bertz CT molecular complexity index is 323. The Balaban J connectivity index is 2.19. The summed E-state index contributed by atoms with van der Waals surface area (Å²) in [5.41, 5.74) is 0. The fourth-order valence-corrected chi connectivity index (χ4v) is 2.72. The summed E-state index contributed by atoms with van der Waals surface area (Å²) in [7, 11) is 0. The SMILES string of the molecule is CCC(C)Cc1nnc(CCCNCC(C)C)s1. The van der Waals surface area contributed by atoms with Crippen molar-refractivity contribution in [1.82, 2.24) is 15.5 Å². The third-order valence-electron chi connectivity index (χ3n) is 3.03. The number of hydrogen-bond donors (Lipinski definition) is 1. The molecule has 104 valence electrons. The van der Waals surface area contributed by atoms with Crippen LogP contribution in [0.15, 0.2) is 0 Å². The van der Waals surface area contributed by atoms with Crippen molar-refractivity contribution in [1.29, 1.82) is 0 Å². The molecular formula is C14H27N3S. The van der Waals surface area contributed by atoms with E-state index < -0.39 is 0 Å².